The standard InChI is InChI=1S/C22H35NO2/c1-14(2)15-7-11-20(3)17-8-12-21-10-5-6-16(21)22(20,19(15)23(17)21)13-9-18(24)25-4/h14-17,19H,5-13H2,1-4H3/t15-,16-,17+,19+,20+,21-,22+/m0/s1. The van der Waals surface area contributed by atoms with Gasteiger partial charge in [0.1, 0.15) is 0 Å². The Hall–Kier alpha value is -0.570. The van der Waals surface area contributed by atoms with Gasteiger partial charge >= 0.3 is 5.97 Å². The second-order valence-electron chi connectivity index (χ2n) is 10.4. The van der Waals surface area contributed by atoms with Crippen LogP contribution < -0.4 is 0 Å². The average Bonchev–Trinajstić information content (AvgIpc) is 3.23. The van der Waals surface area contributed by atoms with Crippen LogP contribution in [0.1, 0.15) is 78.6 Å². The van der Waals surface area contributed by atoms with Crippen LogP contribution in [0.2, 0.25) is 0 Å². The van der Waals surface area contributed by atoms with Crippen molar-refractivity contribution in [2.45, 2.75) is 96.2 Å². The molecular weight excluding hydrogens is 310 g/mol. The molecule has 1 spiro atoms. The molecule has 0 amide bonds. The monoisotopic (exact) mass is 345 g/mol. The molecule has 5 rings (SSSR count). The van der Waals surface area contributed by atoms with Gasteiger partial charge in [0.25, 0.3) is 0 Å². The Morgan fingerprint density at radius 1 is 1.20 bits per heavy atom. The van der Waals surface area contributed by atoms with E-state index < -0.39 is 0 Å². The minimum Gasteiger partial charge on any atom is -0.469 e. The van der Waals surface area contributed by atoms with Crippen molar-refractivity contribution in [3.05, 3.63) is 0 Å². The fourth-order valence-corrected chi connectivity index (χ4v) is 9.29. The predicted molar refractivity (Wildman–Crippen MR) is 98.1 cm³/mol. The number of nitrogens with zero attached hydrogens (tertiary/aromatic N) is 1. The molecule has 25 heavy (non-hydrogen) atoms. The molecule has 2 aliphatic carbocycles. The van der Waals surface area contributed by atoms with Gasteiger partial charge in [0.2, 0.25) is 0 Å². The minimum atomic E-state index is 0.00175. The molecule has 3 saturated heterocycles. The molecule has 5 fully saturated rings. The summed E-state index contributed by atoms with van der Waals surface area (Å²) in [6.07, 6.45) is 11.5. The number of fused-ring (bicyclic) bond motifs is 1. The minimum absolute atomic E-state index is 0.00175. The molecule has 5 aliphatic rings. The molecular formula is C22H35NO2. The highest BCUT2D eigenvalue weighted by atomic mass is 16.5. The van der Waals surface area contributed by atoms with Crippen molar-refractivity contribution < 1.29 is 9.53 Å². The van der Waals surface area contributed by atoms with E-state index in [1.54, 1.807) is 7.11 Å². The highest BCUT2D eigenvalue weighted by Crippen LogP contribution is 2.82. The normalized spacial score (nSPS) is 52.8. The maximum Gasteiger partial charge on any atom is 0.305 e. The highest BCUT2D eigenvalue weighted by Gasteiger charge is 2.84. The van der Waals surface area contributed by atoms with Crippen molar-refractivity contribution in [2.24, 2.45) is 28.6 Å². The molecule has 4 bridgehead atoms. The van der Waals surface area contributed by atoms with E-state index in [1.165, 1.54) is 44.9 Å². The van der Waals surface area contributed by atoms with Gasteiger partial charge < -0.3 is 4.74 Å². The van der Waals surface area contributed by atoms with E-state index >= 15 is 0 Å². The van der Waals surface area contributed by atoms with Crippen molar-refractivity contribution in [2.75, 3.05) is 7.11 Å². The van der Waals surface area contributed by atoms with E-state index in [0.29, 0.717) is 22.8 Å². The smallest absolute Gasteiger partial charge is 0.305 e. The zero-order valence-electron chi connectivity index (χ0n) is 16.5. The van der Waals surface area contributed by atoms with Crippen molar-refractivity contribution in [1.82, 2.24) is 4.90 Å². The number of ether oxygens (including phenoxy) is 1. The molecule has 3 heteroatoms. The number of carbonyl (C=O) groups excluding carboxylic acids is 1. The van der Waals surface area contributed by atoms with Gasteiger partial charge in [0.05, 0.1) is 7.11 Å². The summed E-state index contributed by atoms with van der Waals surface area (Å²) in [5, 5.41) is 0. The Labute approximate surface area is 152 Å². The van der Waals surface area contributed by atoms with Crippen LogP contribution in [0.3, 0.4) is 0 Å². The number of rotatable bonds is 4. The third-order valence-corrected chi connectivity index (χ3v) is 9.93. The summed E-state index contributed by atoms with van der Waals surface area (Å²) in [6, 6.07) is 1.52. The van der Waals surface area contributed by atoms with E-state index in [2.05, 4.69) is 25.7 Å². The predicted octanol–water partition coefficient (Wildman–Crippen LogP) is 4.40. The largest absolute Gasteiger partial charge is 0.469 e. The summed E-state index contributed by atoms with van der Waals surface area (Å²) in [5.41, 5.74) is 1.29. The summed E-state index contributed by atoms with van der Waals surface area (Å²) in [7, 11) is 1.55. The van der Waals surface area contributed by atoms with E-state index in [4.69, 9.17) is 4.74 Å². The molecule has 3 heterocycles. The Bertz CT molecular complexity index is 603. The van der Waals surface area contributed by atoms with Crippen LogP contribution in [0.25, 0.3) is 0 Å². The average molecular weight is 346 g/mol. The van der Waals surface area contributed by atoms with Gasteiger partial charge in [-0.1, -0.05) is 27.2 Å². The lowest BCUT2D eigenvalue weighted by molar-refractivity contribution is -0.143. The van der Waals surface area contributed by atoms with E-state index in [0.717, 1.165) is 36.3 Å². The van der Waals surface area contributed by atoms with E-state index in [9.17, 15) is 4.79 Å². The van der Waals surface area contributed by atoms with E-state index in [1.807, 2.05) is 0 Å². The maximum absolute atomic E-state index is 12.1. The number of esters is 1. The van der Waals surface area contributed by atoms with Crippen LogP contribution in [0, 0.1) is 28.6 Å². The zero-order chi connectivity index (χ0) is 17.6. The highest BCUT2D eigenvalue weighted by molar-refractivity contribution is 5.69. The number of hydrogen-bond donors (Lipinski definition) is 0. The maximum atomic E-state index is 12.1. The summed E-state index contributed by atoms with van der Waals surface area (Å²) in [6.45, 7) is 7.50. The first-order valence-electron chi connectivity index (χ1n) is 10.8. The lowest BCUT2D eigenvalue weighted by Crippen LogP contribution is -2.57. The summed E-state index contributed by atoms with van der Waals surface area (Å²) in [4.78, 5) is 15.2. The topological polar surface area (TPSA) is 29.5 Å². The van der Waals surface area contributed by atoms with Gasteiger partial charge in [-0.2, -0.15) is 0 Å². The lowest BCUT2D eigenvalue weighted by Gasteiger charge is -2.57. The molecule has 0 unspecified atom stereocenters. The molecule has 3 nitrogen and oxygen atoms in total. The van der Waals surface area contributed by atoms with E-state index in [-0.39, 0.29) is 5.97 Å². The Kier molecular flexibility index (Phi) is 3.34. The zero-order valence-corrected chi connectivity index (χ0v) is 16.5. The van der Waals surface area contributed by atoms with Gasteiger partial charge in [0, 0.05) is 24.0 Å². The third-order valence-electron chi connectivity index (χ3n) is 9.93. The fraction of sp³-hybridized carbons (Fsp3) is 0.955. The second-order valence-corrected chi connectivity index (χ2v) is 10.4. The molecule has 0 aromatic rings. The molecule has 2 saturated carbocycles. The fourth-order valence-electron chi connectivity index (χ4n) is 9.29. The van der Waals surface area contributed by atoms with Gasteiger partial charge in [-0.25, -0.2) is 0 Å². The number of hydrogen-bond acceptors (Lipinski definition) is 3. The first-order valence-corrected chi connectivity index (χ1v) is 10.8. The Morgan fingerprint density at radius 2 is 2.00 bits per heavy atom. The first kappa shape index (κ1) is 16.6. The molecule has 7 atom stereocenters. The van der Waals surface area contributed by atoms with Crippen LogP contribution in [-0.4, -0.2) is 35.6 Å². The number of piperidine rings is 1. The summed E-state index contributed by atoms with van der Waals surface area (Å²) >= 11 is 0. The van der Waals surface area contributed by atoms with Crippen LogP contribution in [0.5, 0.6) is 0 Å². The van der Waals surface area contributed by atoms with Gasteiger partial charge in [-0.15, -0.1) is 0 Å². The molecule has 0 aromatic heterocycles. The Morgan fingerprint density at radius 3 is 2.72 bits per heavy atom. The van der Waals surface area contributed by atoms with Crippen molar-refractivity contribution in [3.63, 3.8) is 0 Å². The Balaban J connectivity index is 1.65. The lowest BCUT2D eigenvalue weighted by atomic mass is 9.46. The SMILES string of the molecule is COC(=O)CC[C@@]12[C@H]3[C@H](C(C)C)CC[C@]1(C)[C@H]1CC[C@]4(CCC[C@@H]42)N31. The molecule has 0 aromatic carbocycles. The van der Waals surface area contributed by atoms with Crippen molar-refractivity contribution >= 4 is 5.97 Å². The molecule has 0 radical (unpaired) electrons. The molecule has 140 valence electrons. The number of methoxy groups -OCH3 is 1. The van der Waals surface area contributed by atoms with Crippen molar-refractivity contribution in [1.29, 1.82) is 0 Å². The van der Waals surface area contributed by atoms with Crippen molar-refractivity contribution in [3.8, 4) is 0 Å². The quantitative estimate of drug-likeness (QED) is 0.707. The van der Waals surface area contributed by atoms with Crippen LogP contribution in [-0.2, 0) is 9.53 Å². The second kappa shape index (κ2) is 5.03. The summed E-state index contributed by atoms with van der Waals surface area (Å²) < 4.78 is 5.07. The van der Waals surface area contributed by atoms with Gasteiger partial charge in [-0.05, 0) is 73.5 Å². The van der Waals surface area contributed by atoms with Crippen LogP contribution in [0.15, 0.2) is 0 Å². The third kappa shape index (κ3) is 1.62. The van der Waals surface area contributed by atoms with Gasteiger partial charge in [0.15, 0.2) is 0 Å². The number of carbonyl (C=O) groups is 1. The van der Waals surface area contributed by atoms with Crippen LogP contribution in [0.4, 0.5) is 0 Å². The van der Waals surface area contributed by atoms with Crippen LogP contribution >= 0.6 is 0 Å². The molecule has 0 N–H and O–H groups in total. The summed E-state index contributed by atoms with van der Waals surface area (Å²) in [5.74, 6) is 2.40. The van der Waals surface area contributed by atoms with Gasteiger partial charge in [-0.3, -0.25) is 9.69 Å². The first-order chi connectivity index (χ1) is 11.9. The molecule has 3 aliphatic heterocycles.